The van der Waals surface area contributed by atoms with E-state index in [-0.39, 0.29) is 28.7 Å². The Morgan fingerprint density at radius 2 is 1.94 bits per heavy atom. The van der Waals surface area contributed by atoms with E-state index >= 15 is 0 Å². The molecular formula is C28H37NO2S. The lowest BCUT2D eigenvalue weighted by Gasteiger charge is -2.58. The number of rotatable bonds is 4. The maximum Gasteiger partial charge on any atom is 0.243 e. The molecule has 0 aromatic heterocycles. The molecule has 7 atom stereocenters. The van der Waals surface area contributed by atoms with Crippen LogP contribution in [0.2, 0.25) is 0 Å². The molecular weight excluding hydrogens is 414 g/mol. The zero-order chi connectivity index (χ0) is 22.7. The highest BCUT2D eigenvalue weighted by atomic mass is 32.2. The van der Waals surface area contributed by atoms with Crippen molar-refractivity contribution in [1.82, 2.24) is 5.32 Å². The second-order valence-electron chi connectivity index (χ2n) is 11.1. The number of carbonyl (C=O) groups excluding carboxylic acids is 2. The summed E-state index contributed by atoms with van der Waals surface area (Å²) < 4.78 is 0. The van der Waals surface area contributed by atoms with Gasteiger partial charge in [-0.1, -0.05) is 32.9 Å². The molecule has 1 amide bonds. The highest BCUT2D eigenvalue weighted by molar-refractivity contribution is 7.98. The maximum atomic E-state index is 13.9. The molecule has 3 nitrogen and oxygen atoms in total. The molecule has 1 aliphatic heterocycles. The second-order valence-corrected chi connectivity index (χ2v) is 12.0. The molecule has 0 radical (unpaired) electrons. The quantitative estimate of drug-likeness (QED) is 0.447. The first-order chi connectivity index (χ1) is 15.3. The minimum absolute atomic E-state index is 0.0588. The standard InChI is InChI=1S/C28H37NO2S/c1-5-17-16-18(32-4)6-7-19(17)26(31)23-10-9-21-20-8-11-24-28(3,15-13-25(30)29-24)22(20)12-14-27(21,23)2/h6-7,13,15-16,20-24H,5,8-12,14H2,1-4H3,(H,29,30)/t20-,21-,22-,23+,24+,27-,28+/m0/s1. The normalized spacial score (nSPS) is 40.2. The van der Waals surface area contributed by atoms with Crippen LogP contribution in [0, 0.1) is 34.5 Å². The number of amides is 1. The van der Waals surface area contributed by atoms with Crippen LogP contribution in [-0.2, 0) is 11.2 Å². The van der Waals surface area contributed by atoms with Gasteiger partial charge in [-0.15, -0.1) is 11.8 Å². The lowest BCUT2D eigenvalue weighted by molar-refractivity contribution is -0.122. The van der Waals surface area contributed by atoms with Crippen LogP contribution < -0.4 is 5.32 Å². The Morgan fingerprint density at radius 1 is 1.12 bits per heavy atom. The lowest BCUT2D eigenvalue weighted by Crippen LogP contribution is -2.59. The molecule has 4 aliphatic rings. The summed E-state index contributed by atoms with van der Waals surface area (Å²) in [4.78, 5) is 27.1. The average Bonchev–Trinajstić information content (AvgIpc) is 3.15. The topological polar surface area (TPSA) is 46.2 Å². The number of aryl methyl sites for hydroxylation is 1. The molecule has 1 aromatic rings. The van der Waals surface area contributed by atoms with Gasteiger partial charge in [0.15, 0.2) is 5.78 Å². The van der Waals surface area contributed by atoms with Crippen LogP contribution in [0.25, 0.3) is 0 Å². The molecule has 3 fully saturated rings. The molecule has 1 heterocycles. The fraction of sp³-hybridized carbons (Fsp3) is 0.643. The Bertz CT molecular complexity index is 970. The number of nitrogens with one attached hydrogen (secondary N) is 1. The van der Waals surface area contributed by atoms with Crippen molar-refractivity contribution in [3.05, 3.63) is 41.5 Å². The van der Waals surface area contributed by atoms with Crippen LogP contribution in [-0.4, -0.2) is 24.0 Å². The molecule has 172 valence electrons. The fourth-order valence-corrected chi connectivity index (χ4v) is 8.65. The zero-order valence-electron chi connectivity index (χ0n) is 19.9. The van der Waals surface area contributed by atoms with E-state index in [9.17, 15) is 9.59 Å². The van der Waals surface area contributed by atoms with Crippen molar-refractivity contribution in [2.45, 2.75) is 76.7 Å². The molecule has 3 aliphatic carbocycles. The fourth-order valence-electron chi connectivity index (χ4n) is 8.18. The van der Waals surface area contributed by atoms with Crippen LogP contribution in [0.3, 0.4) is 0 Å². The Morgan fingerprint density at radius 3 is 2.69 bits per heavy atom. The Kier molecular flexibility index (Phi) is 5.59. The molecule has 1 N–H and O–H groups in total. The van der Waals surface area contributed by atoms with E-state index in [1.54, 1.807) is 17.8 Å². The zero-order valence-corrected chi connectivity index (χ0v) is 20.8. The molecule has 1 aromatic carbocycles. The lowest BCUT2D eigenvalue weighted by atomic mass is 9.47. The number of fused-ring (bicyclic) bond motifs is 5. The van der Waals surface area contributed by atoms with E-state index in [1.165, 1.54) is 29.7 Å². The van der Waals surface area contributed by atoms with Gasteiger partial charge in [0.25, 0.3) is 0 Å². The van der Waals surface area contributed by atoms with Crippen molar-refractivity contribution in [3.63, 3.8) is 0 Å². The average molecular weight is 452 g/mol. The van der Waals surface area contributed by atoms with Gasteiger partial charge in [0.2, 0.25) is 5.91 Å². The van der Waals surface area contributed by atoms with Gasteiger partial charge in [-0.05, 0) is 98.1 Å². The number of hydrogen-bond donors (Lipinski definition) is 1. The molecule has 5 rings (SSSR count). The predicted octanol–water partition coefficient (Wildman–Crippen LogP) is 6.07. The summed E-state index contributed by atoms with van der Waals surface area (Å²) in [6.45, 7) is 6.96. The molecule has 0 unspecified atom stereocenters. The first kappa shape index (κ1) is 22.3. The van der Waals surface area contributed by atoms with Gasteiger partial charge in [-0.3, -0.25) is 9.59 Å². The maximum absolute atomic E-state index is 13.9. The van der Waals surface area contributed by atoms with Crippen molar-refractivity contribution in [3.8, 4) is 0 Å². The van der Waals surface area contributed by atoms with Crippen molar-refractivity contribution in [2.75, 3.05) is 6.26 Å². The monoisotopic (exact) mass is 451 g/mol. The molecule has 32 heavy (non-hydrogen) atoms. The van der Waals surface area contributed by atoms with Gasteiger partial charge in [-0.2, -0.15) is 0 Å². The molecule has 3 saturated carbocycles. The number of thioether (sulfide) groups is 1. The molecule has 0 spiro atoms. The summed E-state index contributed by atoms with van der Waals surface area (Å²) in [5, 5.41) is 3.25. The van der Waals surface area contributed by atoms with E-state index in [4.69, 9.17) is 0 Å². The van der Waals surface area contributed by atoms with Gasteiger partial charge in [0.05, 0.1) is 0 Å². The summed E-state index contributed by atoms with van der Waals surface area (Å²) in [5.74, 6) is 2.50. The molecule has 4 heteroatoms. The molecule has 0 saturated heterocycles. The minimum Gasteiger partial charge on any atom is -0.349 e. The van der Waals surface area contributed by atoms with E-state index in [1.807, 2.05) is 0 Å². The smallest absolute Gasteiger partial charge is 0.243 e. The number of ketones is 1. The predicted molar refractivity (Wildman–Crippen MR) is 131 cm³/mol. The SMILES string of the molecule is CCc1cc(SC)ccc1C(=O)[C@H]1CC[C@H]2[C@@H]3CC[C@H]4NC(=O)C=C[C@]4(C)[C@H]3CC[C@]12C. The third kappa shape index (κ3) is 3.23. The first-order valence-electron chi connectivity index (χ1n) is 12.5. The largest absolute Gasteiger partial charge is 0.349 e. The third-order valence-corrected chi connectivity index (χ3v) is 10.7. The van der Waals surface area contributed by atoms with Gasteiger partial charge < -0.3 is 5.32 Å². The Hall–Kier alpha value is -1.55. The van der Waals surface area contributed by atoms with E-state index in [2.05, 4.69) is 56.6 Å². The summed E-state index contributed by atoms with van der Waals surface area (Å²) in [5.41, 5.74) is 2.34. The Labute approximate surface area is 197 Å². The van der Waals surface area contributed by atoms with Crippen molar-refractivity contribution >= 4 is 23.5 Å². The summed E-state index contributed by atoms with van der Waals surface area (Å²) in [6, 6.07) is 6.70. The van der Waals surface area contributed by atoms with Crippen LogP contribution >= 0.6 is 11.8 Å². The number of hydrogen-bond acceptors (Lipinski definition) is 3. The van der Waals surface area contributed by atoms with Crippen LogP contribution in [0.1, 0.15) is 75.2 Å². The minimum atomic E-state index is 0.0588. The van der Waals surface area contributed by atoms with Gasteiger partial charge in [0.1, 0.15) is 0 Å². The number of benzene rings is 1. The van der Waals surface area contributed by atoms with Gasteiger partial charge in [-0.25, -0.2) is 0 Å². The van der Waals surface area contributed by atoms with E-state index in [0.717, 1.165) is 31.2 Å². The first-order valence-corrected chi connectivity index (χ1v) is 13.7. The van der Waals surface area contributed by atoms with E-state index < -0.39 is 0 Å². The summed E-state index contributed by atoms with van der Waals surface area (Å²) in [6.07, 6.45) is 13.7. The van der Waals surface area contributed by atoms with Crippen LogP contribution in [0.5, 0.6) is 0 Å². The van der Waals surface area contributed by atoms with Crippen LogP contribution in [0.15, 0.2) is 35.2 Å². The Balaban J connectivity index is 1.43. The van der Waals surface area contributed by atoms with Crippen molar-refractivity contribution < 1.29 is 9.59 Å². The second kappa shape index (κ2) is 8.04. The van der Waals surface area contributed by atoms with Crippen molar-refractivity contribution in [2.24, 2.45) is 34.5 Å². The highest BCUT2D eigenvalue weighted by Gasteiger charge is 2.60. The number of carbonyl (C=O) groups is 2. The van der Waals surface area contributed by atoms with E-state index in [0.29, 0.717) is 23.5 Å². The number of Topliss-reactive ketones (excluding diaryl/α,β-unsaturated/α-hetero) is 1. The van der Waals surface area contributed by atoms with Gasteiger partial charge in [0, 0.05) is 27.8 Å². The summed E-state index contributed by atoms with van der Waals surface area (Å²) in [7, 11) is 0. The highest BCUT2D eigenvalue weighted by Crippen LogP contribution is 2.65. The third-order valence-electron chi connectivity index (χ3n) is 9.96. The molecule has 0 bridgehead atoms. The van der Waals surface area contributed by atoms with Crippen LogP contribution in [0.4, 0.5) is 0 Å². The summed E-state index contributed by atoms with van der Waals surface area (Å²) >= 11 is 1.75. The van der Waals surface area contributed by atoms with Gasteiger partial charge >= 0.3 is 0 Å². The van der Waals surface area contributed by atoms with Crippen molar-refractivity contribution in [1.29, 1.82) is 0 Å².